The predicted octanol–water partition coefficient (Wildman–Crippen LogP) is 4.38. The van der Waals surface area contributed by atoms with Crippen LogP contribution >= 0.6 is 0 Å². The van der Waals surface area contributed by atoms with Gasteiger partial charge in [-0.2, -0.15) is 4.39 Å². The van der Waals surface area contributed by atoms with Crippen LogP contribution < -0.4 is 15.5 Å². The molecule has 2 fully saturated rings. The highest BCUT2D eigenvalue weighted by Gasteiger charge is 2.36. The van der Waals surface area contributed by atoms with Crippen molar-refractivity contribution in [2.45, 2.75) is 38.5 Å². The number of carbonyl (C=O) groups excluding carboxylic acids is 3. The number of hydrogen-bond acceptors (Lipinski definition) is 5. The molecule has 11 heteroatoms. The van der Waals surface area contributed by atoms with Gasteiger partial charge in [0, 0.05) is 30.6 Å². The molecule has 1 heterocycles. The molecule has 1 atom stereocenters. The fraction of sp³-hybridized carbons (Fsp3) is 0.375. The zero-order valence-corrected chi connectivity index (χ0v) is 18.8. The highest BCUT2D eigenvalue weighted by molar-refractivity contribution is 6.04. The molecule has 1 saturated heterocycles. The van der Waals surface area contributed by atoms with Crippen LogP contribution in [-0.2, 0) is 14.4 Å². The van der Waals surface area contributed by atoms with Crippen LogP contribution in [0.3, 0.4) is 0 Å². The Hall–Kier alpha value is -3.89. The first kappa shape index (κ1) is 24.2. The largest absolute Gasteiger partial charge is 0.326 e. The summed E-state index contributed by atoms with van der Waals surface area (Å²) >= 11 is 0. The zero-order valence-electron chi connectivity index (χ0n) is 18.8. The number of carbonyl (C=O) groups is 3. The summed E-state index contributed by atoms with van der Waals surface area (Å²) in [5.74, 6) is -3.80. The summed E-state index contributed by atoms with van der Waals surface area (Å²) in [6.07, 6.45) is 4.36. The van der Waals surface area contributed by atoms with Gasteiger partial charge in [0.1, 0.15) is 5.82 Å². The fourth-order valence-corrected chi connectivity index (χ4v) is 4.48. The van der Waals surface area contributed by atoms with Crippen LogP contribution in [0.4, 0.5) is 31.5 Å². The topological polar surface area (TPSA) is 122 Å². The predicted molar refractivity (Wildman–Crippen MR) is 124 cm³/mol. The molecule has 2 aliphatic rings. The quantitative estimate of drug-likeness (QED) is 0.464. The third-order valence-corrected chi connectivity index (χ3v) is 6.40. The third kappa shape index (κ3) is 5.44. The van der Waals surface area contributed by atoms with Crippen LogP contribution in [0.15, 0.2) is 36.4 Å². The maximum atomic E-state index is 14.3. The van der Waals surface area contributed by atoms with Crippen molar-refractivity contribution in [3.8, 4) is 0 Å². The van der Waals surface area contributed by atoms with E-state index >= 15 is 0 Å². The van der Waals surface area contributed by atoms with Gasteiger partial charge in [0.25, 0.3) is 0 Å². The minimum absolute atomic E-state index is 0.0406. The lowest BCUT2D eigenvalue weighted by Crippen LogP contribution is -2.28. The van der Waals surface area contributed by atoms with E-state index in [9.17, 15) is 33.3 Å². The maximum Gasteiger partial charge on any atom is 0.306 e. The van der Waals surface area contributed by atoms with Crippen molar-refractivity contribution >= 4 is 40.5 Å². The standard InChI is InChI=1S/C24H24F2N4O5/c25-18-8-6-16(11-20(18)28-23(32)14-4-2-1-3-5-14)27-24(33)15-10-22(31)29(13-15)17-7-9-19(26)21(12-17)30(34)35/h6-9,11-12,14-15H,1-5,10,13H2,(H,27,33)(H,28,32). The van der Waals surface area contributed by atoms with Gasteiger partial charge in [0.15, 0.2) is 0 Å². The number of hydrogen-bond donors (Lipinski definition) is 2. The number of amides is 3. The molecule has 1 unspecified atom stereocenters. The van der Waals surface area contributed by atoms with E-state index in [0.717, 1.165) is 50.3 Å². The second kappa shape index (κ2) is 10.2. The first-order valence-corrected chi connectivity index (χ1v) is 11.4. The number of nitro benzene ring substituents is 1. The van der Waals surface area contributed by atoms with Crippen molar-refractivity contribution in [3.63, 3.8) is 0 Å². The van der Waals surface area contributed by atoms with Crippen LogP contribution in [0.5, 0.6) is 0 Å². The van der Waals surface area contributed by atoms with E-state index in [4.69, 9.17) is 0 Å². The van der Waals surface area contributed by atoms with E-state index in [1.807, 2.05) is 0 Å². The lowest BCUT2D eigenvalue weighted by atomic mass is 9.88. The smallest absolute Gasteiger partial charge is 0.306 e. The van der Waals surface area contributed by atoms with Crippen molar-refractivity contribution in [2.75, 3.05) is 22.1 Å². The SMILES string of the molecule is O=C(Nc1ccc(F)c(NC(=O)C2CCCCC2)c1)C1CC(=O)N(c2ccc(F)c([N+](=O)[O-])c2)C1. The van der Waals surface area contributed by atoms with Crippen LogP contribution in [0.1, 0.15) is 38.5 Å². The number of rotatable bonds is 6. The summed E-state index contributed by atoms with van der Waals surface area (Å²) in [5.41, 5.74) is -0.440. The number of nitrogens with zero attached hydrogens (tertiary/aromatic N) is 2. The molecule has 2 N–H and O–H groups in total. The molecule has 1 aliphatic heterocycles. The number of benzene rings is 2. The maximum absolute atomic E-state index is 14.3. The summed E-state index contributed by atoms with van der Waals surface area (Å²) in [5, 5.41) is 16.2. The molecule has 0 aromatic heterocycles. The lowest BCUT2D eigenvalue weighted by Gasteiger charge is -2.21. The average Bonchev–Trinajstić information content (AvgIpc) is 3.23. The molecule has 0 radical (unpaired) electrons. The molecular formula is C24H24F2N4O5. The van der Waals surface area contributed by atoms with Crippen molar-refractivity contribution < 1.29 is 28.1 Å². The normalized spacial score (nSPS) is 18.4. The second-order valence-corrected chi connectivity index (χ2v) is 8.81. The Kier molecular flexibility index (Phi) is 7.04. The van der Waals surface area contributed by atoms with Gasteiger partial charge in [-0.25, -0.2) is 4.39 Å². The summed E-state index contributed by atoms with van der Waals surface area (Å²) in [4.78, 5) is 49.0. The number of anilines is 3. The van der Waals surface area contributed by atoms with Crippen molar-refractivity contribution in [2.24, 2.45) is 11.8 Å². The first-order valence-electron chi connectivity index (χ1n) is 11.4. The van der Waals surface area contributed by atoms with E-state index in [-0.39, 0.29) is 41.9 Å². The molecule has 9 nitrogen and oxygen atoms in total. The monoisotopic (exact) mass is 486 g/mol. The Morgan fingerprint density at radius 3 is 2.34 bits per heavy atom. The Morgan fingerprint density at radius 1 is 0.943 bits per heavy atom. The van der Waals surface area contributed by atoms with Gasteiger partial charge in [0.2, 0.25) is 23.5 Å². The molecule has 0 bridgehead atoms. The van der Waals surface area contributed by atoms with Crippen molar-refractivity contribution in [3.05, 3.63) is 58.1 Å². The van der Waals surface area contributed by atoms with Crippen LogP contribution in [0.2, 0.25) is 0 Å². The highest BCUT2D eigenvalue weighted by Crippen LogP contribution is 2.31. The van der Waals surface area contributed by atoms with E-state index in [0.29, 0.717) is 0 Å². The van der Waals surface area contributed by atoms with Gasteiger partial charge in [-0.05, 0) is 43.2 Å². The summed E-state index contributed by atoms with van der Waals surface area (Å²) in [7, 11) is 0. The lowest BCUT2D eigenvalue weighted by molar-refractivity contribution is -0.387. The molecular weight excluding hydrogens is 462 g/mol. The minimum Gasteiger partial charge on any atom is -0.326 e. The van der Waals surface area contributed by atoms with Crippen LogP contribution in [0.25, 0.3) is 0 Å². The molecule has 3 amide bonds. The Labute approximate surface area is 199 Å². The zero-order chi connectivity index (χ0) is 25.1. The van der Waals surface area contributed by atoms with E-state index < -0.39 is 40.0 Å². The molecule has 35 heavy (non-hydrogen) atoms. The highest BCUT2D eigenvalue weighted by atomic mass is 19.1. The molecule has 2 aromatic carbocycles. The molecule has 0 spiro atoms. The van der Waals surface area contributed by atoms with Crippen molar-refractivity contribution in [1.82, 2.24) is 0 Å². The van der Waals surface area contributed by atoms with E-state index in [1.54, 1.807) is 0 Å². The first-order chi connectivity index (χ1) is 16.7. The molecule has 184 valence electrons. The summed E-state index contributed by atoms with van der Waals surface area (Å²) in [6, 6.07) is 6.90. The van der Waals surface area contributed by atoms with Crippen molar-refractivity contribution in [1.29, 1.82) is 0 Å². The minimum atomic E-state index is -1.03. The van der Waals surface area contributed by atoms with Gasteiger partial charge < -0.3 is 15.5 Å². The van der Waals surface area contributed by atoms with Gasteiger partial charge in [0.05, 0.1) is 22.2 Å². The Balaban J connectivity index is 1.42. The number of halogens is 2. The number of nitro groups is 1. The van der Waals surface area contributed by atoms with Crippen LogP contribution in [0, 0.1) is 33.6 Å². The van der Waals surface area contributed by atoms with Crippen LogP contribution in [-0.4, -0.2) is 29.2 Å². The average molecular weight is 486 g/mol. The summed E-state index contributed by atoms with van der Waals surface area (Å²) < 4.78 is 27.9. The molecule has 1 saturated carbocycles. The summed E-state index contributed by atoms with van der Waals surface area (Å²) in [6.45, 7) is -0.0556. The Morgan fingerprint density at radius 2 is 1.63 bits per heavy atom. The van der Waals surface area contributed by atoms with Gasteiger partial charge in [-0.3, -0.25) is 24.5 Å². The third-order valence-electron chi connectivity index (χ3n) is 6.40. The molecule has 2 aromatic rings. The van der Waals surface area contributed by atoms with E-state index in [2.05, 4.69) is 10.6 Å². The Bertz CT molecular complexity index is 1180. The van der Waals surface area contributed by atoms with Gasteiger partial charge >= 0.3 is 5.69 Å². The van der Waals surface area contributed by atoms with E-state index in [1.165, 1.54) is 23.1 Å². The molecule has 4 rings (SSSR count). The second-order valence-electron chi connectivity index (χ2n) is 8.81. The van der Waals surface area contributed by atoms with Gasteiger partial charge in [-0.15, -0.1) is 0 Å². The number of nitrogens with one attached hydrogen (secondary N) is 2. The van der Waals surface area contributed by atoms with Gasteiger partial charge in [-0.1, -0.05) is 19.3 Å². The molecule has 1 aliphatic carbocycles. The fourth-order valence-electron chi connectivity index (χ4n) is 4.48.